The standard InChI is InChI=1S/C26H32N2O4/c1-5-31-22-14-12-21(13-15-22)23-24(27(4)18-20-10-7-6-8-11-20)26(30)28(25(23)29)16-9-17-32-19(2)3/h6-8,10-15,19H,5,9,16-18H2,1-4H3. The SMILES string of the molecule is CCOc1ccc(C2=C(N(C)Cc3ccccc3)C(=O)N(CCCOC(C)C)C2=O)cc1. The summed E-state index contributed by atoms with van der Waals surface area (Å²) in [4.78, 5) is 29.9. The van der Waals surface area contributed by atoms with Gasteiger partial charge in [0.25, 0.3) is 11.8 Å². The fraction of sp³-hybridized carbons (Fsp3) is 0.385. The highest BCUT2D eigenvalue weighted by Gasteiger charge is 2.40. The van der Waals surface area contributed by atoms with Crippen molar-refractivity contribution >= 4 is 17.4 Å². The molecule has 1 heterocycles. The third-order valence-corrected chi connectivity index (χ3v) is 5.22. The van der Waals surface area contributed by atoms with Gasteiger partial charge in [0, 0.05) is 26.7 Å². The van der Waals surface area contributed by atoms with Crippen LogP contribution in [0.5, 0.6) is 5.75 Å². The lowest BCUT2D eigenvalue weighted by Gasteiger charge is -2.21. The summed E-state index contributed by atoms with van der Waals surface area (Å²) in [6, 6.07) is 17.3. The van der Waals surface area contributed by atoms with Gasteiger partial charge in [-0.25, -0.2) is 0 Å². The van der Waals surface area contributed by atoms with Crippen molar-refractivity contribution in [2.75, 3.05) is 26.8 Å². The molecule has 32 heavy (non-hydrogen) atoms. The van der Waals surface area contributed by atoms with Gasteiger partial charge in [-0.3, -0.25) is 14.5 Å². The van der Waals surface area contributed by atoms with Crippen LogP contribution in [0.2, 0.25) is 0 Å². The van der Waals surface area contributed by atoms with E-state index in [1.165, 1.54) is 4.90 Å². The zero-order valence-corrected chi connectivity index (χ0v) is 19.3. The Morgan fingerprint density at radius 1 is 0.969 bits per heavy atom. The normalized spacial score (nSPS) is 14.0. The highest BCUT2D eigenvalue weighted by atomic mass is 16.5. The van der Waals surface area contributed by atoms with Gasteiger partial charge in [-0.1, -0.05) is 42.5 Å². The monoisotopic (exact) mass is 436 g/mol. The minimum Gasteiger partial charge on any atom is -0.494 e. The second-order valence-electron chi connectivity index (χ2n) is 8.06. The smallest absolute Gasteiger partial charge is 0.277 e. The molecular formula is C26H32N2O4. The van der Waals surface area contributed by atoms with Crippen LogP contribution in [-0.2, 0) is 20.9 Å². The molecule has 0 saturated heterocycles. The van der Waals surface area contributed by atoms with Crippen LogP contribution < -0.4 is 4.74 Å². The van der Waals surface area contributed by atoms with Crippen molar-refractivity contribution in [2.45, 2.75) is 39.8 Å². The van der Waals surface area contributed by atoms with Gasteiger partial charge in [-0.05, 0) is 50.5 Å². The average molecular weight is 437 g/mol. The van der Waals surface area contributed by atoms with E-state index in [-0.39, 0.29) is 17.9 Å². The summed E-state index contributed by atoms with van der Waals surface area (Å²) in [5.74, 6) is 0.205. The van der Waals surface area contributed by atoms with Crippen LogP contribution in [0.15, 0.2) is 60.3 Å². The number of hydrogen-bond acceptors (Lipinski definition) is 5. The predicted molar refractivity (Wildman–Crippen MR) is 125 cm³/mol. The lowest BCUT2D eigenvalue weighted by molar-refractivity contribution is -0.137. The van der Waals surface area contributed by atoms with Gasteiger partial charge in [0.1, 0.15) is 11.4 Å². The molecule has 0 N–H and O–H groups in total. The highest BCUT2D eigenvalue weighted by Crippen LogP contribution is 2.32. The first-order valence-electron chi connectivity index (χ1n) is 11.1. The van der Waals surface area contributed by atoms with Crippen LogP contribution in [0.3, 0.4) is 0 Å². The van der Waals surface area contributed by atoms with Gasteiger partial charge in [0.15, 0.2) is 0 Å². The maximum Gasteiger partial charge on any atom is 0.277 e. The molecule has 170 valence electrons. The fourth-order valence-electron chi connectivity index (χ4n) is 3.74. The number of carbonyl (C=O) groups excluding carboxylic acids is 2. The molecule has 0 saturated carbocycles. The molecule has 3 rings (SSSR count). The molecule has 0 aliphatic carbocycles. The summed E-state index contributed by atoms with van der Waals surface area (Å²) in [6.07, 6.45) is 0.715. The van der Waals surface area contributed by atoms with Crippen LogP contribution in [0.4, 0.5) is 0 Å². The number of carbonyl (C=O) groups is 2. The maximum atomic E-state index is 13.4. The minimum absolute atomic E-state index is 0.116. The van der Waals surface area contributed by atoms with Crippen LogP contribution in [0.25, 0.3) is 5.57 Å². The van der Waals surface area contributed by atoms with E-state index in [1.54, 1.807) is 0 Å². The van der Waals surface area contributed by atoms with Gasteiger partial charge in [0.2, 0.25) is 0 Å². The topological polar surface area (TPSA) is 59.1 Å². The quantitative estimate of drug-likeness (QED) is 0.392. The van der Waals surface area contributed by atoms with E-state index >= 15 is 0 Å². The van der Waals surface area contributed by atoms with E-state index in [4.69, 9.17) is 9.47 Å². The number of ether oxygens (including phenoxy) is 2. The molecule has 2 aromatic rings. The van der Waals surface area contributed by atoms with Crippen molar-refractivity contribution < 1.29 is 19.1 Å². The number of likely N-dealkylation sites (N-methyl/N-ethyl adjacent to an activating group) is 1. The molecule has 2 amide bonds. The molecule has 0 atom stereocenters. The number of rotatable bonds is 11. The maximum absolute atomic E-state index is 13.4. The molecule has 6 heteroatoms. The molecule has 0 aromatic heterocycles. The van der Waals surface area contributed by atoms with Crippen LogP contribution in [0, 0.1) is 0 Å². The number of benzene rings is 2. The third-order valence-electron chi connectivity index (χ3n) is 5.22. The summed E-state index contributed by atoms with van der Waals surface area (Å²) >= 11 is 0. The summed E-state index contributed by atoms with van der Waals surface area (Å²) in [5, 5.41) is 0. The summed E-state index contributed by atoms with van der Waals surface area (Å²) in [7, 11) is 1.85. The Morgan fingerprint density at radius 3 is 2.28 bits per heavy atom. The molecular weight excluding hydrogens is 404 g/mol. The van der Waals surface area contributed by atoms with Crippen molar-refractivity contribution in [3.05, 3.63) is 71.4 Å². The molecule has 6 nitrogen and oxygen atoms in total. The zero-order chi connectivity index (χ0) is 23.1. The number of nitrogens with zero attached hydrogens (tertiary/aromatic N) is 2. The molecule has 1 aliphatic heterocycles. The van der Waals surface area contributed by atoms with Crippen molar-refractivity contribution in [1.29, 1.82) is 0 Å². The van der Waals surface area contributed by atoms with Crippen molar-refractivity contribution in [1.82, 2.24) is 9.80 Å². The Labute approximate surface area is 190 Å². The lowest BCUT2D eigenvalue weighted by Crippen LogP contribution is -2.35. The average Bonchev–Trinajstić information content (AvgIpc) is 3.02. The first-order chi connectivity index (χ1) is 15.4. The number of amides is 2. The number of hydrogen-bond donors (Lipinski definition) is 0. The largest absolute Gasteiger partial charge is 0.494 e. The van der Waals surface area contributed by atoms with E-state index in [0.29, 0.717) is 49.6 Å². The zero-order valence-electron chi connectivity index (χ0n) is 19.3. The summed E-state index contributed by atoms with van der Waals surface area (Å²) < 4.78 is 11.1. The van der Waals surface area contributed by atoms with E-state index < -0.39 is 0 Å². The van der Waals surface area contributed by atoms with E-state index in [1.807, 2.05) is 87.3 Å². The molecule has 0 radical (unpaired) electrons. The van der Waals surface area contributed by atoms with Crippen LogP contribution in [0.1, 0.15) is 38.3 Å². The first kappa shape index (κ1) is 23.5. The molecule has 2 aromatic carbocycles. The first-order valence-corrected chi connectivity index (χ1v) is 11.1. The van der Waals surface area contributed by atoms with Crippen molar-refractivity contribution in [3.8, 4) is 5.75 Å². The predicted octanol–water partition coefficient (Wildman–Crippen LogP) is 4.11. The van der Waals surface area contributed by atoms with Crippen molar-refractivity contribution in [3.63, 3.8) is 0 Å². The van der Waals surface area contributed by atoms with Gasteiger partial charge in [-0.2, -0.15) is 0 Å². The lowest BCUT2D eigenvalue weighted by atomic mass is 10.0. The summed E-state index contributed by atoms with van der Waals surface area (Å²) in [5.41, 5.74) is 2.63. The second-order valence-corrected chi connectivity index (χ2v) is 8.06. The fourth-order valence-corrected chi connectivity index (χ4v) is 3.74. The Bertz CT molecular complexity index is 952. The van der Waals surface area contributed by atoms with Gasteiger partial charge >= 0.3 is 0 Å². The van der Waals surface area contributed by atoms with Gasteiger partial charge < -0.3 is 14.4 Å². The van der Waals surface area contributed by atoms with Crippen LogP contribution in [-0.4, -0.2) is 54.5 Å². The molecule has 0 bridgehead atoms. The number of imide groups is 1. The van der Waals surface area contributed by atoms with E-state index in [0.717, 1.165) is 11.3 Å². The molecule has 0 fully saturated rings. The molecule has 0 spiro atoms. The minimum atomic E-state index is -0.265. The Hall–Kier alpha value is -3.12. The van der Waals surface area contributed by atoms with Gasteiger partial charge in [0.05, 0.1) is 18.3 Å². The van der Waals surface area contributed by atoms with E-state index in [9.17, 15) is 9.59 Å². The molecule has 0 unspecified atom stereocenters. The Morgan fingerprint density at radius 2 is 1.66 bits per heavy atom. The van der Waals surface area contributed by atoms with Crippen LogP contribution >= 0.6 is 0 Å². The van der Waals surface area contributed by atoms with Crippen molar-refractivity contribution in [2.24, 2.45) is 0 Å². The van der Waals surface area contributed by atoms with Gasteiger partial charge in [-0.15, -0.1) is 0 Å². The highest BCUT2D eigenvalue weighted by molar-refractivity contribution is 6.35. The summed E-state index contributed by atoms with van der Waals surface area (Å²) in [6.45, 7) is 7.78. The second kappa shape index (κ2) is 11.0. The third kappa shape index (κ3) is 5.56. The Balaban J connectivity index is 1.89. The Kier molecular flexibility index (Phi) is 8.06. The van der Waals surface area contributed by atoms with E-state index in [2.05, 4.69) is 0 Å². The molecule has 1 aliphatic rings.